The third-order valence-corrected chi connectivity index (χ3v) is 3.18. The van der Waals surface area contributed by atoms with Gasteiger partial charge in [-0.3, -0.25) is 0 Å². The molecule has 0 fully saturated rings. The molecular weight excluding hydrogens is 274 g/mol. The van der Waals surface area contributed by atoms with Gasteiger partial charge in [0.1, 0.15) is 11.9 Å². The maximum Gasteiger partial charge on any atom is 0.573 e. The molecule has 1 rings (SSSR count). The fourth-order valence-corrected chi connectivity index (χ4v) is 2.04. The van der Waals surface area contributed by atoms with Crippen LogP contribution in [0.3, 0.4) is 0 Å². The lowest BCUT2D eigenvalue weighted by molar-refractivity contribution is -0.274. The topological polar surface area (TPSA) is 35.2 Å². The van der Waals surface area contributed by atoms with E-state index in [4.69, 9.17) is 5.73 Å². The second-order valence-electron chi connectivity index (χ2n) is 5.06. The number of benzene rings is 1. The molecule has 114 valence electrons. The molecule has 1 aromatic carbocycles. The summed E-state index contributed by atoms with van der Waals surface area (Å²) >= 11 is 0. The molecule has 2 nitrogen and oxygen atoms in total. The monoisotopic (exact) mass is 293 g/mol. The summed E-state index contributed by atoms with van der Waals surface area (Å²) in [4.78, 5) is 0. The van der Waals surface area contributed by atoms with E-state index in [1.54, 1.807) is 0 Å². The van der Waals surface area contributed by atoms with Gasteiger partial charge in [0.2, 0.25) is 0 Å². The number of halogens is 4. The molecule has 1 aromatic rings. The fourth-order valence-electron chi connectivity index (χ4n) is 2.04. The van der Waals surface area contributed by atoms with Crippen LogP contribution in [-0.4, -0.2) is 19.1 Å². The third-order valence-electron chi connectivity index (χ3n) is 3.18. The highest BCUT2D eigenvalue weighted by Gasteiger charge is 2.31. The average Bonchev–Trinajstić information content (AvgIpc) is 2.30. The van der Waals surface area contributed by atoms with Gasteiger partial charge in [-0.25, -0.2) is 4.39 Å². The number of hydrogen-bond donors (Lipinski definition) is 1. The van der Waals surface area contributed by atoms with Gasteiger partial charge in [0.05, 0.1) is 0 Å². The van der Waals surface area contributed by atoms with E-state index in [0.717, 1.165) is 0 Å². The van der Waals surface area contributed by atoms with Gasteiger partial charge in [-0.15, -0.1) is 13.2 Å². The van der Waals surface area contributed by atoms with E-state index in [-0.39, 0.29) is 30.6 Å². The van der Waals surface area contributed by atoms with E-state index in [2.05, 4.69) is 4.74 Å². The van der Waals surface area contributed by atoms with E-state index in [9.17, 15) is 17.6 Å². The van der Waals surface area contributed by atoms with Gasteiger partial charge >= 0.3 is 6.36 Å². The molecule has 6 heteroatoms. The van der Waals surface area contributed by atoms with E-state index < -0.39 is 12.5 Å². The van der Waals surface area contributed by atoms with Gasteiger partial charge in [-0.1, -0.05) is 26.0 Å². The standard InChI is InChI=1S/C14H19F4NO/c1-9(2)12(8-19)13(15)7-10-3-5-11(6-4-10)20-14(16,17)18/h3-6,9,12-13H,7-8,19H2,1-2H3. The van der Waals surface area contributed by atoms with Crippen molar-refractivity contribution in [2.24, 2.45) is 17.6 Å². The maximum atomic E-state index is 14.1. The van der Waals surface area contributed by atoms with Crippen molar-refractivity contribution in [3.8, 4) is 5.75 Å². The third kappa shape index (κ3) is 5.36. The normalized spacial score (nSPS) is 15.2. The van der Waals surface area contributed by atoms with Crippen LogP contribution in [0.4, 0.5) is 17.6 Å². The Morgan fingerprint density at radius 2 is 1.70 bits per heavy atom. The Balaban J connectivity index is 2.65. The van der Waals surface area contributed by atoms with E-state index in [0.29, 0.717) is 5.56 Å². The van der Waals surface area contributed by atoms with Crippen LogP contribution in [-0.2, 0) is 6.42 Å². The zero-order valence-corrected chi connectivity index (χ0v) is 11.5. The SMILES string of the molecule is CC(C)C(CN)C(F)Cc1ccc(OC(F)(F)F)cc1. The predicted molar refractivity (Wildman–Crippen MR) is 69.1 cm³/mol. The Bertz CT molecular complexity index is 403. The zero-order valence-electron chi connectivity index (χ0n) is 11.5. The summed E-state index contributed by atoms with van der Waals surface area (Å²) in [6.07, 6.45) is -5.70. The first kappa shape index (κ1) is 16.8. The summed E-state index contributed by atoms with van der Waals surface area (Å²) in [5.74, 6) is -0.458. The molecule has 0 aliphatic carbocycles. The van der Waals surface area contributed by atoms with Crippen LogP contribution in [0.1, 0.15) is 19.4 Å². The van der Waals surface area contributed by atoms with Crippen molar-refractivity contribution in [1.29, 1.82) is 0 Å². The lowest BCUT2D eigenvalue weighted by Crippen LogP contribution is -2.30. The molecule has 2 unspecified atom stereocenters. The molecule has 2 N–H and O–H groups in total. The summed E-state index contributed by atoms with van der Waals surface area (Å²) in [5.41, 5.74) is 6.15. The number of nitrogens with two attached hydrogens (primary N) is 1. The smallest absolute Gasteiger partial charge is 0.406 e. The summed E-state index contributed by atoms with van der Waals surface area (Å²) in [6.45, 7) is 4.03. The van der Waals surface area contributed by atoms with Crippen molar-refractivity contribution >= 4 is 0 Å². The molecule has 0 heterocycles. The van der Waals surface area contributed by atoms with E-state index in [1.165, 1.54) is 24.3 Å². The second kappa shape index (κ2) is 6.92. The predicted octanol–water partition coefficient (Wildman–Crippen LogP) is 3.70. The molecule has 0 radical (unpaired) electrons. The Labute approximate surface area is 115 Å². The van der Waals surface area contributed by atoms with Crippen LogP contribution in [0, 0.1) is 11.8 Å². The van der Waals surface area contributed by atoms with Crippen molar-refractivity contribution in [2.75, 3.05) is 6.54 Å². The maximum absolute atomic E-state index is 14.1. The largest absolute Gasteiger partial charge is 0.573 e. The number of ether oxygens (including phenoxy) is 1. The number of alkyl halides is 4. The van der Waals surface area contributed by atoms with Crippen molar-refractivity contribution in [1.82, 2.24) is 0 Å². The average molecular weight is 293 g/mol. The summed E-state index contributed by atoms with van der Waals surface area (Å²) in [5, 5.41) is 0. The lowest BCUT2D eigenvalue weighted by atomic mass is 9.88. The highest BCUT2D eigenvalue weighted by molar-refractivity contribution is 5.27. The van der Waals surface area contributed by atoms with Gasteiger partial charge < -0.3 is 10.5 Å². The molecule has 0 bridgehead atoms. The first-order valence-electron chi connectivity index (χ1n) is 6.41. The first-order chi connectivity index (χ1) is 9.23. The summed E-state index contributed by atoms with van der Waals surface area (Å²) in [7, 11) is 0. The highest BCUT2D eigenvalue weighted by atomic mass is 19.4. The van der Waals surface area contributed by atoms with Crippen molar-refractivity contribution < 1.29 is 22.3 Å². The molecule has 0 saturated heterocycles. The molecule has 20 heavy (non-hydrogen) atoms. The second-order valence-corrected chi connectivity index (χ2v) is 5.06. The minimum Gasteiger partial charge on any atom is -0.406 e. The molecule has 2 atom stereocenters. The minimum absolute atomic E-state index is 0.114. The van der Waals surface area contributed by atoms with Gasteiger partial charge in [0.25, 0.3) is 0 Å². The lowest BCUT2D eigenvalue weighted by Gasteiger charge is -2.23. The van der Waals surface area contributed by atoms with Gasteiger partial charge in [0, 0.05) is 12.3 Å². The Morgan fingerprint density at radius 1 is 1.15 bits per heavy atom. The van der Waals surface area contributed by atoms with Crippen molar-refractivity contribution in [3.63, 3.8) is 0 Å². The minimum atomic E-state index is -4.72. The van der Waals surface area contributed by atoms with Crippen LogP contribution in [0.15, 0.2) is 24.3 Å². The van der Waals surface area contributed by atoms with Gasteiger partial charge in [-0.05, 0) is 30.2 Å². The van der Waals surface area contributed by atoms with E-state index in [1.807, 2.05) is 13.8 Å². The van der Waals surface area contributed by atoms with Crippen molar-refractivity contribution in [3.05, 3.63) is 29.8 Å². The Morgan fingerprint density at radius 3 is 2.10 bits per heavy atom. The summed E-state index contributed by atoms with van der Waals surface area (Å²) < 4.78 is 53.8. The fraction of sp³-hybridized carbons (Fsp3) is 0.571. The van der Waals surface area contributed by atoms with E-state index >= 15 is 0 Å². The van der Waals surface area contributed by atoms with Crippen molar-refractivity contribution in [2.45, 2.75) is 32.8 Å². The molecule has 0 saturated carbocycles. The summed E-state index contributed by atoms with van der Waals surface area (Å²) in [6, 6.07) is 5.23. The molecular formula is C14H19F4NO. The highest BCUT2D eigenvalue weighted by Crippen LogP contribution is 2.25. The van der Waals surface area contributed by atoms with Gasteiger partial charge in [0.15, 0.2) is 0 Å². The molecule has 0 spiro atoms. The quantitative estimate of drug-likeness (QED) is 0.812. The molecule has 0 amide bonds. The van der Waals surface area contributed by atoms with Crippen LogP contribution >= 0.6 is 0 Å². The number of hydrogen-bond acceptors (Lipinski definition) is 2. The number of rotatable bonds is 6. The Kier molecular flexibility index (Phi) is 5.80. The van der Waals surface area contributed by atoms with Crippen LogP contribution in [0.2, 0.25) is 0 Å². The van der Waals surface area contributed by atoms with Crippen LogP contribution < -0.4 is 10.5 Å². The molecule has 0 aliphatic heterocycles. The molecule has 0 aromatic heterocycles. The zero-order chi connectivity index (χ0) is 15.3. The van der Waals surface area contributed by atoms with Gasteiger partial charge in [-0.2, -0.15) is 0 Å². The van der Waals surface area contributed by atoms with Crippen LogP contribution in [0.5, 0.6) is 5.75 Å². The Hall–Kier alpha value is -1.30. The molecule has 0 aliphatic rings. The van der Waals surface area contributed by atoms with Crippen LogP contribution in [0.25, 0.3) is 0 Å². The first-order valence-corrected chi connectivity index (χ1v) is 6.41.